The predicted molar refractivity (Wildman–Crippen MR) is 86.9 cm³/mol. The number of nitrogens with zero attached hydrogens (tertiary/aromatic N) is 2. The van der Waals surface area contributed by atoms with Crippen LogP contribution in [0.4, 0.5) is 0 Å². The fourth-order valence-electron chi connectivity index (χ4n) is 4.37. The molecule has 3 nitrogen and oxygen atoms in total. The molecule has 0 aromatic carbocycles. The van der Waals surface area contributed by atoms with Crippen LogP contribution >= 0.6 is 0 Å². The minimum atomic E-state index is 0.272. The lowest BCUT2D eigenvalue weighted by atomic mass is 9.70. The van der Waals surface area contributed by atoms with E-state index in [9.17, 15) is 0 Å². The zero-order chi connectivity index (χ0) is 14.8. The number of likely N-dealkylation sites (tertiary alicyclic amines) is 1. The van der Waals surface area contributed by atoms with Crippen molar-refractivity contribution in [2.24, 2.45) is 17.6 Å². The Balaban J connectivity index is 2.05. The quantitative estimate of drug-likeness (QED) is 0.859. The second-order valence-corrected chi connectivity index (χ2v) is 7.67. The molecule has 0 amide bonds. The fourth-order valence-corrected chi connectivity index (χ4v) is 4.37. The molecule has 1 saturated carbocycles. The Labute approximate surface area is 125 Å². The highest BCUT2D eigenvalue weighted by molar-refractivity contribution is 4.99. The van der Waals surface area contributed by atoms with E-state index in [1.54, 1.807) is 0 Å². The van der Waals surface area contributed by atoms with Gasteiger partial charge in [-0.15, -0.1) is 0 Å². The fraction of sp³-hybridized carbons (Fsp3) is 1.00. The number of nitrogens with two attached hydrogens (primary N) is 1. The molecule has 0 radical (unpaired) electrons. The summed E-state index contributed by atoms with van der Waals surface area (Å²) in [7, 11) is 4.59. The van der Waals surface area contributed by atoms with Crippen molar-refractivity contribution < 1.29 is 0 Å². The predicted octanol–water partition coefficient (Wildman–Crippen LogP) is 2.56. The van der Waals surface area contributed by atoms with E-state index >= 15 is 0 Å². The van der Waals surface area contributed by atoms with Gasteiger partial charge in [-0.2, -0.15) is 0 Å². The summed E-state index contributed by atoms with van der Waals surface area (Å²) in [6, 6.07) is 0.737. The number of hydrogen-bond acceptors (Lipinski definition) is 3. The van der Waals surface area contributed by atoms with Crippen LogP contribution in [-0.2, 0) is 0 Å². The molecule has 2 fully saturated rings. The molecule has 2 rings (SSSR count). The second-order valence-electron chi connectivity index (χ2n) is 7.67. The van der Waals surface area contributed by atoms with E-state index in [1.165, 1.54) is 51.6 Å². The number of likely N-dealkylation sites (N-methyl/N-ethyl adjacent to an activating group) is 1. The lowest BCUT2D eigenvalue weighted by molar-refractivity contribution is -0.00340. The third kappa shape index (κ3) is 3.37. The van der Waals surface area contributed by atoms with Crippen molar-refractivity contribution in [3.05, 3.63) is 0 Å². The lowest BCUT2D eigenvalue weighted by Crippen LogP contribution is -2.60. The molecule has 1 saturated heterocycles. The summed E-state index contributed by atoms with van der Waals surface area (Å²) in [4.78, 5) is 5.14. The van der Waals surface area contributed by atoms with Crippen LogP contribution in [0.1, 0.15) is 52.4 Å². The summed E-state index contributed by atoms with van der Waals surface area (Å²) >= 11 is 0. The molecule has 2 unspecified atom stereocenters. The number of hydrogen-bond donors (Lipinski definition) is 1. The molecule has 0 aromatic heterocycles. The smallest absolute Gasteiger partial charge is 0.0334 e. The van der Waals surface area contributed by atoms with Crippen LogP contribution in [0.2, 0.25) is 0 Å². The Kier molecular flexibility index (Phi) is 5.49. The third-order valence-corrected chi connectivity index (χ3v) is 6.17. The Morgan fingerprint density at radius 2 is 1.90 bits per heavy atom. The highest BCUT2D eigenvalue weighted by Crippen LogP contribution is 2.40. The van der Waals surface area contributed by atoms with E-state index < -0.39 is 0 Å². The average molecular weight is 281 g/mol. The SMILES string of the molecule is CC(C)C1CCCC(CN)(N(C)C2CCN(C)CC2)C1. The highest BCUT2D eigenvalue weighted by Gasteiger charge is 2.42. The molecule has 1 aliphatic heterocycles. The Morgan fingerprint density at radius 1 is 1.25 bits per heavy atom. The molecule has 2 N–H and O–H groups in total. The van der Waals surface area contributed by atoms with Gasteiger partial charge >= 0.3 is 0 Å². The minimum Gasteiger partial charge on any atom is -0.329 e. The minimum absolute atomic E-state index is 0.272. The maximum Gasteiger partial charge on any atom is 0.0334 e. The first kappa shape index (κ1) is 16.3. The Morgan fingerprint density at radius 3 is 2.45 bits per heavy atom. The van der Waals surface area contributed by atoms with Gasteiger partial charge in [-0.25, -0.2) is 0 Å². The Hall–Kier alpha value is -0.120. The first-order valence-corrected chi connectivity index (χ1v) is 8.60. The van der Waals surface area contributed by atoms with Crippen LogP contribution in [0.3, 0.4) is 0 Å². The molecular weight excluding hydrogens is 246 g/mol. The van der Waals surface area contributed by atoms with Gasteiger partial charge in [0, 0.05) is 18.1 Å². The highest BCUT2D eigenvalue weighted by atomic mass is 15.2. The zero-order valence-electron chi connectivity index (χ0n) is 14.1. The van der Waals surface area contributed by atoms with E-state index in [2.05, 4.69) is 37.7 Å². The van der Waals surface area contributed by atoms with Gasteiger partial charge in [-0.05, 0) is 64.7 Å². The normalized spacial score (nSPS) is 34.0. The first-order chi connectivity index (χ1) is 9.48. The largest absolute Gasteiger partial charge is 0.329 e. The van der Waals surface area contributed by atoms with E-state index in [4.69, 9.17) is 5.73 Å². The second kappa shape index (κ2) is 6.76. The van der Waals surface area contributed by atoms with Gasteiger partial charge in [-0.1, -0.05) is 26.7 Å². The molecular formula is C17H35N3. The maximum atomic E-state index is 6.28. The average Bonchev–Trinajstić information content (AvgIpc) is 2.47. The molecule has 20 heavy (non-hydrogen) atoms. The van der Waals surface area contributed by atoms with E-state index in [1.807, 2.05) is 0 Å². The van der Waals surface area contributed by atoms with Crippen LogP contribution < -0.4 is 5.73 Å². The van der Waals surface area contributed by atoms with E-state index in [0.717, 1.165) is 24.4 Å². The number of rotatable bonds is 4. The molecule has 1 heterocycles. The molecule has 3 heteroatoms. The summed E-state index contributed by atoms with van der Waals surface area (Å²) in [5.74, 6) is 1.66. The van der Waals surface area contributed by atoms with Crippen LogP contribution in [-0.4, -0.2) is 55.1 Å². The van der Waals surface area contributed by atoms with Crippen molar-refractivity contribution in [2.75, 3.05) is 33.7 Å². The molecule has 2 atom stereocenters. The topological polar surface area (TPSA) is 32.5 Å². The summed E-state index contributed by atoms with van der Waals surface area (Å²) in [6.45, 7) is 8.07. The molecule has 0 bridgehead atoms. The number of piperidine rings is 1. The molecule has 118 valence electrons. The Bertz CT molecular complexity index is 297. The van der Waals surface area contributed by atoms with Crippen molar-refractivity contribution in [2.45, 2.75) is 64.0 Å². The van der Waals surface area contributed by atoms with Gasteiger partial charge in [0.1, 0.15) is 0 Å². The molecule has 0 spiro atoms. The molecule has 2 aliphatic rings. The van der Waals surface area contributed by atoms with Gasteiger partial charge in [0.2, 0.25) is 0 Å². The summed E-state index contributed by atoms with van der Waals surface area (Å²) in [6.07, 6.45) is 7.99. The summed E-state index contributed by atoms with van der Waals surface area (Å²) in [5.41, 5.74) is 6.56. The summed E-state index contributed by atoms with van der Waals surface area (Å²) < 4.78 is 0. The van der Waals surface area contributed by atoms with Crippen molar-refractivity contribution >= 4 is 0 Å². The lowest BCUT2D eigenvalue weighted by Gasteiger charge is -2.51. The van der Waals surface area contributed by atoms with E-state index in [-0.39, 0.29) is 5.54 Å². The van der Waals surface area contributed by atoms with Gasteiger partial charge < -0.3 is 10.6 Å². The van der Waals surface area contributed by atoms with Gasteiger partial charge in [0.15, 0.2) is 0 Å². The zero-order valence-corrected chi connectivity index (χ0v) is 14.1. The monoisotopic (exact) mass is 281 g/mol. The van der Waals surface area contributed by atoms with Crippen LogP contribution in [0, 0.1) is 11.8 Å². The van der Waals surface area contributed by atoms with Crippen molar-refractivity contribution in [1.29, 1.82) is 0 Å². The van der Waals surface area contributed by atoms with Crippen molar-refractivity contribution in [1.82, 2.24) is 9.80 Å². The summed E-state index contributed by atoms with van der Waals surface area (Å²) in [5, 5.41) is 0. The van der Waals surface area contributed by atoms with Crippen LogP contribution in [0.15, 0.2) is 0 Å². The van der Waals surface area contributed by atoms with Crippen molar-refractivity contribution in [3.8, 4) is 0 Å². The molecule has 0 aromatic rings. The van der Waals surface area contributed by atoms with Crippen molar-refractivity contribution in [3.63, 3.8) is 0 Å². The first-order valence-electron chi connectivity index (χ1n) is 8.60. The van der Waals surface area contributed by atoms with Gasteiger partial charge in [0.25, 0.3) is 0 Å². The third-order valence-electron chi connectivity index (χ3n) is 6.17. The maximum absolute atomic E-state index is 6.28. The van der Waals surface area contributed by atoms with Crippen LogP contribution in [0.25, 0.3) is 0 Å². The standard InChI is InChI=1S/C17H35N3/c1-14(2)15-6-5-9-17(12-15,13-18)20(4)16-7-10-19(3)11-8-16/h14-16H,5-13,18H2,1-4H3. The van der Waals surface area contributed by atoms with Gasteiger partial charge in [-0.3, -0.25) is 4.90 Å². The molecule has 1 aliphatic carbocycles. The van der Waals surface area contributed by atoms with Gasteiger partial charge in [0.05, 0.1) is 0 Å². The van der Waals surface area contributed by atoms with Crippen LogP contribution in [0.5, 0.6) is 0 Å². The van der Waals surface area contributed by atoms with E-state index in [0.29, 0.717) is 0 Å².